The molecule has 0 spiro atoms. The van der Waals surface area contributed by atoms with Crippen molar-refractivity contribution in [3.63, 3.8) is 0 Å². The second-order valence-corrected chi connectivity index (χ2v) is 2.15. The first kappa shape index (κ1) is 7.27. The summed E-state index contributed by atoms with van der Waals surface area (Å²) in [6, 6.07) is 0.513. The minimum absolute atomic E-state index is 0.513. The molecule has 4 nitrogen and oxygen atoms in total. The summed E-state index contributed by atoms with van der Waals surface area (Å²) in [5.41, 5.74) is 0. The number of thiocarbonyl (C=S) groups is 1. The number of nitrogens with zero attached hydrogens (tertiary/aromatic N) is 1. The lowest BCUT2D eigenvalue weighted by atomic mass is 10.8. The molecule has 1 aliphatic heterocycles. The van der Waals surface area contributed by atoms with Gasteiger partial charge in [0.1, 0.15) is 6.61 Å². The average molecular weight is 159 g/mol. The molecule has 0 radical (unpaired) electrons. The van der Waals surface area contributed by atoms with Gasteiger partial charge in [-0.2, -0.15) is 0 Å². The van der Waals surface area contributed by atoms with Gasteiger partial charge in [0.2, 0.25) is 0 Å². The molecule has 0 aromatic rings. The maximum absolute atomic E-state index is 5.04. The normalized spacial score (nSPS) is 15.5. The van der Waals surface area contributed by atoms with Crippen LogP contribution in [0, 0.1) is 0 Å². The molecule has 0 unspecified atom stereocenters. The van der Waals surface area contributed by atoms with Gasteiger partial charge in [0.15, 0.2) is 5.11 Å². The minimum atomic E-state index is 0.513. The molecular formula is C5H9N3OS. The van der Waals surface area contributed by atoms with Crippen LogP contribution in [0.4, 0.5) is 0 Å². The number of aliphatic imine (C=N–C) groups is 1. The van der Waals surface area contributed by atoms with Gasteiger partial charge in [-0.3, -0.25) is 5.32 Å². The fraction of sp³-hybridized carbons (Fsp3) is 0.600. The molecule has 1 aliphatic rings. The van der Waals surface area contributed by atoms with Crippen LogP contribution in [-0.2, 0) is 4.74 Å². The SMILES string of the molecule is CNC(=S)NC1=NCCO1. The van der Waals surface area contributed by atoms with E-state index in [1.54, 1.807) is 7.05 Å². The van der Waals surface area contributed by atoms with E-state index in [2.05, 4.69) is 15.6 Å². The van der Waals surface area contributed by atoms with Gasteiger partial charge in [-0.1, -0.05) is 0 Å². The highest BCUT2D eigenvalue weighted by molar-refractivity contribution is 7.80. The molecule has 1 heterocycles. The van der Waals surface area contributed by atoms with Crippen molar-refractivity contribution < 1.29 is 4.74 Å². The number of amidine groups is 1. The van der Waals surface area contributed by atoms with E-state index in [1.165, 1.54) is 0 Å². The molecule has 5 heteroatoms. The first-order valence-electron chi connectivity index (χ1n) is 2.99. The minimum Gasteiger partial charge on any atom is -0.463 e. The standard InChI is InChI=1S/C5H9N3OS/c1-6-5(10)8-4-7-2-3-9-4/h2-3H2,1H3,(H2,6,7,8,10). The highest BCUT2D eigenvalue weighted by Crippen LogP contribution is 1.89. The first-order chi connectivity index (χ1) is 4.83. The average Bonchev–Trinajstić information content (AvgIpc) is 2.40. The third-order valence-corrected chi connectivity index (χ3v) is 1.34. The Bertz CT molecular complexity index is 168. The Hall–Kier alpha value is -0.840. The quantitative estimate of drug-likeness (QED) is 0.466. The van der Waals surface area contributed by atoms with Crippen molar-refractivity contribution in [1.82, 2.24) is 10.6 Å². The summed E-state index contributed by atoms with van der Waals surface area (Å²) < 4.78 is 5.04. The molecular weight excluding hydrogens is 150 g/mol. The summed E-state index contributed by atoms with van der Waals surface area (Å²) in [5.74, 6) is 0. The smallest absolute Gasteiger partial charge is 0.291 e. The third kappa shape index (κ3) is 1.84. The lowest BCUT2D eigenvalue weighted by Crippen LogP contribution is -2.37. The van der Waals surface area contributed by atoms with Crippen LogP contribution in [0.1, 0.15) is 0 Å². The molecule has 0 amide bonds. The Morgan fingerprint density at radius 2 is 2.60 bits per heavy atom. The second kappa shape index (κ2) is 3.36. The number of nitrogens with one attached hydrogen (secondary N) is 2. The van der Waals surface area contributed by atoms with E-state index in [1.807, 2.05) is 0 Å². The van der Waals surface area contributed by atoms with Crippen molar-refractivity contribution >= 4 is 23.4 Å². The van der Waals surface area contributed by atoms with Crippen molar-refractivity contribution in [2.75, 3.05) is 20.2 Å². The molecule has 10 heavy (non-hydrogen) atoms. The van der Waals surface area contributed by atoms with Gasteiger partial charge in [0, 0.05) is 7.05 Å². The van der Waals surface area contributed by atoms with Crippen molar-refractivity contribution in [2.45, 2.75) is 0 Å². The highest BCUT2D eigenvalue weighted by atomic mass is 32.1. The first-order valence-corrected chi connectivity index (χ1v) is 3.40. The summed E-state index contributed by atoms with van der Waals surface area (Å²) in [7, 11) is 1.74. The summed E-state index contributed by atoms with van der Waals surface area (Å²) in [5, 5.41) is 6.06. The van der Waals surface area contributed by atoms with Crippen LogP contribution >= 0.6 is 12.2 Å². The molecule has 56 valence electrons. The van der Waals surface area contributed by atoms with Crippen molar-refractivity contribution in [2.24, 2.45) is 4.99 Å². The highest BCUT2D eigenvalue weighted by Gasteiger charge is 2.06. The molecule has 0 fully saturated rings. The monoisotopic (exact) mass is 159 g/mol. The molecule has 0 aliphatic carbocycles. The van der Waals surface area contributed by atoms with E-state index in [-0.39, 0.29) is 0 Å². The molecule has 0 aromatic heterocycles. The number of hydrogen-bond donors (Lipinski definition) is 2. The van der Waals surface area contributed by atoms with Crippen LogP contribution in [0.3, 0.4) is 0 Å². The largest absolute Gasteiger partial charge is 0.463 e. The Kier molecular flexibility index (Phi) is 2.44. The number of rotatable bonds is 0. The zero-order chi connectivity index (χ0) is 7.40. The van der Waals surface area contributed by atoms with E-state index in [4.69, 9.17) is 17.0 Å². The predicted octanol–water partition coefficient (Wildman–Crippen LogP) is -0.534. The Morgan fingerprint density at radius 1 is 1.80 bits per heavy atom. The van der Waals surface area contributed by atoms with E-state index in [0.717, 1.165) is 0 Å². The van der Waals surface area contributed by atoms with Gasteiger partial charge >= 0.3 is 0 Å². The van der Waals surface area contributed by atoms with E-state index < -0.39 is 0 Å². The van der Waals surface area contributed by atoms with Crippen LogP contribution in [0.2, 0.25) is 0 Å². The maximum Gasteiger partial charge on any atom is 0.291 e. The topological polar surface area (TPSA) is 45.7 Å². The molecule has 0 bridgehead atoms. The van der Waals surface area contributed by atoms with E-state index >= 15 is 0 Å². The fourth-order valence-electron chi connectivity index (χ4n) is 0.570. The van der Waals surface area contributed by atoms with Crippen LogP contribution in [0.5, 0.6) is 0 Å². The van der Waals surface area contributed by atoms with E-state index in [9.17, 15) is 0 Å². The van der Waals surface area contributed by atoms with Crippen molar-refractivity contribution in [3.05, 3.63) is 0 Å². The van der Waals surface area contributed by atoms with Gasteiger partial charge in [0.25, 0.3) is 6.02 Å². The maximum atomic E-state index is 5.04. The Labute approximate surface area is 64.7 Å². The third-order valence-electron chi connectivity index (χ3n) is 1.03. The molecule has 1 rings (SSSR count). The van der Waals surface area contributed by atoms with Gasteiger partial charge in [-0.05, 0) is 12.2 Å². The van der Waals surface area contributed by atoms with Gasteiger partial charge in [0.05, 0.1) is 6.54 Å². The molecule has 2 N–H and O–H groups in total. The van der Waals surface area contributed by atoms with Crippen LogP contribution in [0.25, 0.3) is 0 Å². The summed E-state index contributed by atoms with van der Waals surface area (Å²) in [6.45, 7) is 1.36. The van der Waals surface area contributed by atoms with Gasteiger partial charge in [-0.15, -0.1) is 0 Å². The number of hydrogen-bond acceptors (Lipinski definition) is 3. The number of ether oxygens (including phenoxy) is 1. The van der Waals surface area contributed by atoms with Crippen LogP contribution < -0.4 is 10.6 Å². The Morgan fingerprint density at radius 3 is 3.10 bits per heavy atom. The summed E-state index contributed by atoms with van der Waals surface area (Å²) in [6.07, 6.45) is 0. The fourth-order valence-corrected chi connectivity index (χ4v) is 0.658. The van der Waals surface area contributed by atoms with Gasteiger partial charge in [-0.25, -0.2) is 4.99 Å². The molecule has 0 atom stereocenters. The molecule has 0 saturated carbocycles. The van der Waals surface area contributed by atoms with Gasteiger partial charge < -0.3 is 10.1 Å². The van der Waals surface area contributed by atoms with Crippen molar-refractivity contribution in [1.29, 1.82) is 0 Å². The lowest BCUT2D eigenvalue weighted by Gasteiger charge is -2.04. The summed E-state index contributed by atoms with van der Waals surface area (Å²) >= 11 is 4.81. The van der Waals surface area contributed by atoms with E-state index in [0.29, 0.717) is 24.3 Å². The predicted molar refractivity (Wildman–Crippen MR) is 43.0 cm³/mol. The lowest BCUT2D eigenvalue weighted by molar-refractivity contribution is 0.338. The molecule has 0 aromatic carbocycles. The zero-order valence-electron chi connectivity index (χ0n) is 5.68. The van der Waals surface area contributed by atoms with Crippen LogP contribution in [-0.4, -0.2) is 31.3 Å². The summed E-state index contributed by atoms with van der Waals surface area (Å²) in [4.78, 5) is 3.98. The van der Waals surface area contributed by atoms with Crippen LogP contribution in [0.15, 0.2) is 4.99 Å². The second-order valence-electron chi connectivity index (χ2n) is 1.74. The van der Waals surface area contributed by atoms with Crippen molar-refractivity contribution in [3.8, 4) is 0 Å². The zero-order valence-corrected chi connectivity index (χ0v) is 6.49. The Balaban J connectivity index is 2.30. The molecule has 0 saturated heterocycles.